The molecule has 4 nitrogen and oxygen atoms in total. The summed E-state index contributed by atoms with van der Waals surface area (Å²) in [6.45, 7) is 4.36. The highest BCUT2D eigenvalue weighted by Crippen LogP contribution is 2.52. The third kappa shape index (κ3) is 5.05. The number of hydrogen-bond donors (Lipinski definition) is 0. The molecule has 0 saturated heterocycles. The van der Waals surface area contributed by atoms with Crippen LogP contribution in [0.5, 0.6) is 11.6 Å². The third-order valence-corrected chi connectivity index (χ3v) is 4.77. The first-order chi connectivity index (χ1) is 12.1. The van der Waals surface area contributed by atoms with Crippen molar-refractivity contribution in [3.8, 4) is 11.6 Å². The highest BCUT2D eigenvalue weighted by molar-refractivity contribution is 5.70. The van der Waals surface area contributed by atoms with Gasteiger partial charge in [0.25, 0.3) is 0 Å². The lowest BCUT2D eigenvalue weighted by molar-refractivity contribution is -0.144. The third-order valence-electron chi connectivity index (χ3n) is 4.77. The number of aromatic nitrogens is 1. The Bertz CT molecular complexity index is 703. The average Bonchev–Trinajstić information content (AvgIpc) is 3.36. The fourth-order valence-corrected chi connectivity index (χ4v) is 2.97. The van der Waals surface area contributed by atoms with Crippen LogP contribution in [-0.2, 0) is 16.0 Å². The summed E-state index contributed by atoms with van der Waals surface area (Å²) in [5.41, 5.74) is 2.53. The van der Waals surface area contributed by atoms with Crippen LogP contribution in [0.3, 0.4) is 0 Å². The number of esters is 1. The van der Waals surface area contributed by atoms with Crippen LogP contribution in [0.15, 0.2) is 42.6 Å². The Labute approximate surface area is 149 Å². The number of carbonyl (C=O) groups is 1. The van der Waals surface area contributed by atoms with E-state index in [9.17, 15) is 4.79 Å². The summed E-state index contributed by atoms with van der Waals surface area (Å²) in [4.78, 5) is 16.1. The molecule has 0 aliphatic heterocycles. The number of nitrogens with zero attached hydrogens (tertiary/aromatic N) is 1. The lowest BCUT2D eigenvalue weighted by Gasteiger charge is -2.14. The molecule has 1 aromatic carbocycles. The second-order valence-corrected chi connectivity index (χ2v) is 6.90. The van der Waals surface area contributed by atoms with Gasteiger partial charge in [-0.2, -0.15) is 0 Å². The van der Waals surface area contributed by atoms with Crippen LogP contribution in [0.25, 0.3) is 0 Å². The van der Waals surface area contributed by atoms with E-state index in [0.29, 0.717) is 18.9 Å². The maximum atomic E-state index is 11.7. The van der Waals surface area contributed by atoms with Crippen LogP contribution in [0.1, 0.15) is 43.7 Å². The Hall–Kier alpha value is -2.36. The van der Waals surface area contributed by atoms with E-state index < -0.39 is 0 Å². The summed E-state index contributed by atoms with van der Waals surface area (Å²) in [5.74, 6) is 1.32. The Kier molecular flexibility index (Phi) is 5.37. The van der Waals surface area contributed by atoms with Crippen molar-refractivity contribution in [3.63, 3.8) is 0 Å². The first-order valence-corrected chi connectivity index (χ1v) is 8.94. The van der Waals surface area contributed by atoms with Gasteiger partial charge in [0.1, 0.15) is 5.75 Å². The Balaban J connectivity index is 1.51. The van der Waals surface area contributed by atoms with Gasteiger partial charge in [-0.3, -0.25) is 4.79 Å². The van der Waals surface area contributed by atoms with Crippen molar-refractivity contribution in [3.05, 3.63) is 53.7 Å². The fraction of sp³-hybridized carbons (Fsp3) is 0.429. The molecule has 0 spiro atoms. The second kappa shape index (κ2) is 7.68. The maximum Gasteiger partial charge on any atom is 0.306 e. The zero-order valence-corrected chi connectivity index (χ0v) is 15.0. The van der Waals surface area contributed by atoms with Crippen molar-refractivity contribution >= 4 is 5.97 Å². The number of carbonyl (C=O) groups excluding carboxylic acids is 1. The molecule has 1 fully saturated rings. The van der Waals surface area contributed by atoms with Crippen molar-refractivity contribution in [1.29, 1.82) is 0 Å². The van der Waals surface area contributed by atoms with E-state index in [0.717, 1.165) is 31.4 Å². The van der Waals surface area contributed by atoms with Crippen LogP contribution in [0.2, 0.25) is 0 Å². The van der Waals surface area contributed by atoms with Crippen LogP contribution >= 0.6 is 0 Å². The van der Waals surface area contributed by atoms with E-state index in [4.69, 9.17) is 9.47 Å². The van der Waals surface area contributed by atoms with Gasteiger partial charge >= 0.3 is 5.97 Å². The van der Waals surface area contributed by atoms with Crippen molar-refractivity contribution in [2.75, 3.05) is 6.61 Å². The zero-order valence-electron chi connectivity index (χ0n) is 15.0. The van der Waals surface area contributed by atoms with Crippen molar-refractivity contribution < 1.29 is 14.3 Å². The van der Waals surface area contributed by atoms with E-state index in [1.165, 1.54) is 11.1 Å². The molecule has 0 unspecified atom stereocenters. The zero-order chi connectivity index (χ0) is 17.7. The van der Waals surface area contributed by atoms with Gasteiger partial charge in [0.05, 0.1) is 13.0 Å². The van der Waals surface area contributed by atoms with E-state index in [2.05, 4.69) is 11.1 Å². The molecule has 1 saturated carbocycles. The minimum atomic E-state index is -0.0695. The highest BCUT2D eigenvalue weighted by atomic mass is 16.5. The molecule has 0 amide bonds. The Morgan fingerprint density at radius 2 is 1.92 bits per heavy atom. The molecule has 0 radical (unpaired) electrons. The van der Waals surface area contributed by atoms with Gasteiger partial charge in [-0.15, -0.1) is 0 Å². The number of pyridine rings is 1. The molecule has 3 rings (SSSR count). The molecular weight excluding hydrogens is 314 g/mol. The number of ether oxygens (including phenoxy) is 2. The molecule has 1 aliphatic rings. The fourth-order valence-electron chi connectivity index (χ4n) is 2.97. The van der Waals surface area contributed by atoms with Gasteiger partial charge in [0.15, 0.2) is 0 Å². The van der Waals surface area contributed by atoms with Gasteiger partial charge in [-0.25, -0.2) is 4.98 Å². The average molecular weight is 339 g/mol. The molecule has 0 bridgehead atoms. The molecule has 1 aliphatic carbocycles. The summed E-state index contributed by atoms with van der Waals surface area (Å²) in [5, 5.41) is 0. The Morgan fingerprint density at radius 3 is 2.52 bits per heavy atom. The normalized spacial score (nSPS) is 14.8. The molecule has 132 valence electrons. The second-order valence-electron chi connectivity index (χ2n) is 6.90. The summed E-state index contributed by atoms with van der Waals surface area (Å²) >= 11 is 0. The number of hydrogen-bond acceptors (Lipinski definition) is 4. The molecule has 4 heteroatoms. The quantitative estimate of drug-likeness (QED) is 0.645. The molecule has 2 aromatic rings. The molecule has 0 atom stereocenters. The van der Waals surface area contributed by atoms with Gasteiger partial charge < -0.3 is 9.47 Å². The number of benzene rings is 1. The predicted octanol–water partition coefficient (Wildman–Crippen LogP) is 4.85. The molecule has 1 heterocycles. The van der Waals surface area contributed by atoms with Crippen molar-refractivity contribution in [2.24, 2.45) is 5.41 Å². The largest absolute Gasteiger partial charge is 0.466 e. The summed E-state index contributed by atoms with van der Waals surface area (Å²) in [7, 11) is 0. The van der Waals surface area contributed by atoms with Crippen LogP contribution in [-0.4, -0.2) is 17.6 Å². The van der Waals surface area contributed by atoms with Gasteiger partial charge in [-0.05, 0) is 62.6 Å². The standard InChI is InChI=1S/C21H25NO3/c1-3-24-20(23)14-21(12-13-21)11-10-17-6-9-19(22-15-17)25-18-7-4-16(2)5-8-18/h4-9,15H,3,10-14H2,1-2H3. The lowest BCUT2D eigenvalue weighted by atomic mass is 9.94. The first kappa shape index (κ1) is 17.5. The minimum Gasteiger partial charge on any atom is -0.466 e. The summed E-state index contributed by atoms with van der Waals surface area (Å²) < 4.78 is 10.8. The van der Waals surface area contributed by atoms with E-state index >= 15 is 0 Å². The van der Waals surface area contributed by atoms with Gasteiger partial charge in [0, 0.05) is 12.3 Å². The summed E-state index contributed by atoms with van der Waals surface area (Å²) in [6, 6.07) is 11.9. The smallest absolute Gasteiger partial charge is 0.306 e. The molecular formula is C21H25NO3. The number of rotatable bonds is 8. The maximum absolute atomic E-state index is 11.7. The SMILES string of the molecule is CCOC(=O)CC1(CCc2ccc(Oc3ccc(C)cc3)nc2)CC1. The van der Waals surface area contributed by atoms with Crippen molar-refractivity contribution in [1.82, 2.24) is 4.98 Å². The molecule has 0 N–H and O–H groups in total. The first-order valence-electron chi connectivity index (χ1n) is 8.94. The lowest BCUT2D eigenvalue weighted by Crippen LogP contribution is -2.13. The number of aryl methyl sites for hydroxylation is 2. The summed E-state index contributed by atoms with van der Waals surface area (Å²) in [6.07, 6.45) is 6.58. The van der Waals surface area contributed by atoms with Crippen molar-refractivity contribution in [2.45, 2.75) is 46.0 Å². The van der Waals surface area contributed by atoms with E-state index in [1.54, 1.807) is 0 Å². The van der Waals surface area contributed by atoms with E-state index in [-0.39, 0.29) is 11.4 Å². The predicted molar refractivity (Wildman–Crippen MR) is 96.7 cm³/mol. The van der Waals surface area contributed by atoms with E-state index in [1.807, 2.05) is 50.4 Å². The topological polar surface area (TPSA) is 48.4 Å². The monoisotopic (exact) mass is 339 g/mol. The highest BCUT2D eigenvalue weighted by Gasteiger charge is 2.44. The molecule has 25 heavy (non-hydrogen) atoms. The Morgan fingerprint density at radius 1 is 1.16 bits per heavy atom. The van der Waals surface area contributed by atoms with Gasteiger partial charge in [-0.1, -0.05) is 23.8 Å². The van der Waals surface area contributed by atoms with Crippen LogP contribution in [0, 0.1) is 12.3 Å². The van der Waals surface area contributed by atoms with Crippen LogP contribution < -0.4 is 4.74 Å². The molecule has 1 aromatic heterocycles. The van der Waals surface area contributed by atoms with Crippen LogP contribution in [0.4, 0.5) is 0 Å². The minimum absolute atomic E-state index is 0.0695. The van der Waals surface area contributed by atoms with Gasteiger partial charge in [0.2, 0.25) is 5.88 Å².